The zero-order valence-corrected chi connectivity index (χ0v) is 16.9. The van der Waals surface area contributed by atoms with Gasteiger partial charge < -0.3 is 5.11 Å². The summed E-state index contributed by atoms with van der Waals surface area (Å²) in [5.41, 5.74) is 2.45. The summed E-state index contributed by atoms with van der Waals surface area (Å²) in [5.74, 6) is -3.18. The second-order valence-electron chi connectivity index (χ2n) is 7.52. The number of rotatable bonds is 3. The van der Waals surface area contributed by atoms with E-state index < -0.39 is 29.4 Å². The molecular formula is C25H19F2NO3. The molecule has 1 N–H and O–H groups in total. The van der Waals surface area contributed by atoms with Gasteiger partial charge in [-0.15, -0.1) is 0 Å². The number of aryl methyl sites for hydroxylation is 2. The fourth-order valence-corrected chi connectivity index (χ4v) is 3.82. The zero-order chi connectivity index (χ0) is 22.3. The highest BCUT2D eigenvalue weighted by Crippen LogP contribution is 2.42. The van der Waals surface area contributed by atoms with Gasteiger partial charge in [-0.2, -0.15) is 0 Å². The van der Waals surface area contributed by atoms with Gasteiger partial charge in [0.1, 0.15) is 17.4 Å². The Morgan fingerprint density at radius 2 is 1.61 bits per heavy atom. The fraction of sp³-hybridized carbons (Fsp3) is 0.120. The lowest BCUT2D eigenvalue weighted by Crippen LogP contribution is -2.29. The second kappa shape index (κ2) is 7.80. The van der Waals surface area contributed by atoms with E-state index in [2.05, 4.69) is 0 Å². The first-order valence-corrected chi connectivity index (χ1v) is 9.67. The number of hydrogen-bond donors (Lipinski definition) is 1. The SMILES string of the molecule is Cc1ccc(C)c(/C(O)=C2\C(=O)C(=O)N(c3cccc(F)c3)C2c2ccc(F)cc2)c1. The van der Waals surface area contributed by atoms with Gasteiger partial charge in [0.2, 0.25) is 0 Å². The minimum Gasteiger partial charge on any atom is -0.507 e. The van der Waals surface area contributed by atoms with Gasteiger partial charge in [-0.3, -0.25) is 14.5 Å². The van der Waals surface area contributed by atoms with Gasteiger partial charge in [-0.05, 0) is 61.4 Å². The van der Waals surface area contributed by atoms with E-state index in [-0.39, 0.29) is 17.0 Å². The van der Waals surface area contributed by atoms with Gasteiger partial charge in [-0.1, -0.05) is 35.9 Å². The molecule has 1 fully saturated rings. The molecule has 4 nitrogen and oxygen atoms in total. The lowest BCUT2D eigenvalue weighted by Gasteiger charge is -2.25. The van der Waals surface area contributed by atoms with Crippen molar-refractivity contribution in [3.05, 3.63) is 106 Å². The van der Waals surface area contributed by atoms with Crippen LogP contribution in [0.5, 0.6) is 0 Å². The van der Waals surface area contributed by atoms with Crippen molar-refractivity contribution in [3.8, 4) is 0 Å². The van der Waals surface area contributed by atoms with Gasteiger partial charge >= 0.3 is 0 Å². The Bertz CT molecular complexity index is 1230. The van der Waals surface area contributed by atoms with E-state index in [0.717, 1.165) is 22.1 Å². The summed E-state index contributed by atoms with van der Waals surface area (Å²) in [6.07, 6.45) is 0. The number of Topliss-reactive ketones (excluding diaryl/α,β-unsaturated/α-hetero) is 1. The number of benzene rings is 3. The highest BCUT2D eigenvalue weighted by molar-refractivity contribution is 6.51. The van der Waals surface area contributed by atoms with Crippen molar-refractivity contribution in [2.75, 3.05) is 4.90 Å². The van der Waals surface area contributed by atoms with Crippen LogP contribution in [0, 0.1) is 25.5 Å². The molecule has 0 aliphatic carbocycles. The lowest BCUT2D eigenvalue weighted by atomic mass is 9.93. The number of hydrogen-bond acceptors (Lipinski definition) is 3. The topological polar surface area (TPSA) is 57.6 Å². The van der Waals surface area contributed by atoms with Gasteiger partial charge in [0, 0.05) is 11.3 Å². The standard InChI is InChI=1S/C25H19F2NO3/c1-14-6-7-15(2)20(12-14)23(29)21-22(16-8-10-17(26)11-9-16)28(25(31)24(21)30)19-5-3-4-18(27)13-19/h3-13,22,29H,1-2H3/b23-21+. The van der Waals surface area contributed by atoms with Crippen molar-refractivity contribution < 1.29 is 23.5 Å². The van der Waals surface area contributed by atoms with Crippen LogP contribution >= 0.6 is 0 Å². The van der Waals surface area contributed by atoms with Crippen LogP contribution in [0.4, 0.5) is 14.5 Å². The average molecular weight is 419 g/mol. The van der Waals surface area contributed by atoms with E-state index in [4.69, 9.17) is 0 Å². The van der Waals surface area contributed by atoms with Crippen LogP contribution in [0.15, 0.2) is 72.3 Å². The Hall–Kier alpha value is -3.80. The molecule has 0 bridgehead atoms. The van der Waals surface area contributed by atoms with Crippen molar-refractivity contribution in [1.82, 2.24) is 0 Å². The molecule has 1 atom stereocenters. The number of ketones is 1. The van der Waals surface area contributed by atoms with Crippen LogP contribution in [0.1, 0.15) is 28.3 Å². The minimum atomic E-state index is -1.04. The molecule has 0 radical (unpaired) electrons. The molecule has 1 heterocycles. The Labute approximate surface area is 178 Å². The maximum Gasteiger partial charge on any atom is 0.300 e. The molecule has 3 aromatic rings. The third-order valence-corrected chi connectivity index (χ3v) is 5.36. The first-order chi connectivity index (χ1) is 14.8. The van der Waals surface area contributed by atoms with Gasteiger partial charge in [-0.25, -0.2) is 8.78 Å². The first-order valence-electron chi connectivity index (χ1n) is 9.67. The van der Waals surface area contributed by atoms with Gasteiger partial charge in [0.15, 0.2) is 0 Å². The largest absolute Gasteiger partial charge is 0.507 e. The molecule has 156 valence electrons. The van der Waals surface area contributed by atoms with Gasteiger partial charge in [0.05, 0.1) is 11.6 Å². The first kappa shape index (κ1) is 20.5. The average Bonchev–Trinajstić information content (AvgIpc) is 3.01. The Balaban J connectivity index is 1.99. The van der Waals surface area contributed by atoms with Crippen molar-refractivity contribution in [2.45, 2.75) is 19.9 Å². The molecule has 31 heavy (non-hydrogen) atoms. The number of amides is 1. The van der Waals surface area contributed by atoms with Crippen molar-refractivity contribution >= 4 is 23.1 Å². The number of carbonyl (C=O) groups is 2. The van der Waals surface area contributed by atoms with Crippen molar-refractivity contribution in [2.24, 2.45) is 0 Å². The maximum atomic E-state index is 13.9. The normalized spacial score (nSPS) is 17.9. The summed E-state index contributed by atoms with van der Waals surface area (Å²) >= 11 is 0. The number of carbonyl (C=O) groups excluding carboxylic acids is 2. The van der Waals surface area contributed by atoms with E-state index in [1.165, 1.54) is 42.5 Å². The molecule has 0 saturated carbocycles. The molecule has 4 rings (SSSR count). The fourth-order valence-electron chi connectivity index (χ4n) is 3.82. The van der Waals surface area contributed by atoms with Crippen LogP contribution in [-0.4, -0.2) is 16.8 Å². The molecule has 1 aliphatic rings. The summed E-state index contributed by atoms with van der Waals surface area (Å²) in [6, 6.07) is 14.9. The highest BCUT2D eigenvalue weighted by atomic mass is 19.1. The Morgan fingerprint density at radius 1 is 0.903 bits per heavy atom. The summed E-state index contributed by atoms with van der Waals surface area (Å²) in [7, 11) is 0. The smallest absolute Gasteiger partial charge is 0.300 e. The van der Waals surface area contributed by atoms with E-state index in [9.17, 15) is 23.5 Å². The molecule has 0 aromatic heterocycles. The van der Waals surface area contributed by atoms with E-state index >= 15 is 0 Å². The third-order valence-electron chi connectivity index (χ3n) is 5.36. The molecule has 1 amide bonds. The monoisotopic (exact) mass is 419 g/mol. The predicted molar refractivity (Wildman–Crippen MR) is 113 cm³/mol. The maximum absolute atomic E-state index is 13.9. The molecule has 3 aromatic carbocycles. The molecule has 1 unspecified atom stereocenters. The molecule has 6 heteroatoms. The molecule has 1 saturated heterocycles. The Morgan fingerprint density at radius 3 is 2.29 bits per heavy atom. The van der Waals surface area contributed by atoms with E-state index in [1.54, 1.807) is 19.1 Å². The third kappa shape index (κ3) is 3.61. The summed E-state index contributed by atoms with van der Waals surface area (Å²) < 4.78 is 27.5. The van der Waals surface area contributed by atoms with Crippen LogP contribution in [0.25, 0.3) is 5.76 Å². The Kier molecular flexibility index (Phi) is 5.15. The van der Waals surface area contributed by atoms with Crippen LogP contribution in [0.2, 0.25) is 0 Å². The summed E-state index contributed by atoms with van der Waals surface area (Å²) in [5, 5.41) is 11.2. The number of halogens is 2. The molecule has 1 aliphatic heterocycles. The van der Waals surface area contributed by atoms with Crippen LogP contribution in [0.3, 0.4) is 0 Å². The summed E-state index contributed by atoms with van der Waals surface area (Å²) in [6.45, 7) is 3.63. The van der Waals surface area contributed by atoms with Crippen LogP contribution in [-0.2, 0) is 9.59 Å². The zero-order valence-electron chi connectivity index (χ0n) is 16.9. The second-order valence-corrected chi connectivity index (χ2v) is 7.52. The number of aliphatic hydroxyl groups is 1. The number of aliphatic hydroxyl groups excluding tert-OH is 1. The number of anilines is 1. The quantitative estimate of drug-likeness (QED) is 0.360. The van der Waals surface area contributed by atoms with Gasteiger partial charge in [0.25, 0.3) is 11.7 Å². The van der Waals surface area contributed by atoms with E-state index in [0.29, 0.717) is 11.1 Å². The molecular weight excluding hydrogens is 400 g/mol. The number of nitrogens with zero attached hydrogens (tertiary/aromatic N) is 1. The lowest BCUT2D eigenvalue weighted by molar-refractivity contribution is -0.132. The minimum absolute atomic E-state index is 0.130. The predicted octanol–water partition coefficient (Wildman–Crippen LogP) is 5.21. The highest BCUT2D eigenvalue weighted by Gasteiger charge is 2.47. The molecule has 0 spiro atoms. The van der Waals surface area contributed by atoms with Crippen molar-refractivity contribution in [1.29, 1.82) is 0 Å². The van der Waals surface area contributed by atoms with Crippen LogP contribution < -0.4 is 4.90 Å². The van der Waals surface area contributed by atoms with Crippen molar-refractivity contribution in [3.63, 3.8) is 0 Å². The summed E-state index contributed by atoms with van der Waals surface area (Å²) in [4.78, 5) is 27.2. The van der Waals surface area contributed by atoms with E-state index in [1.807, 2.05) is 13.0 Å².